The molecule has 0 fully saturated rings. The van der Waals surface area contributed by atoms with Crippen LogP contribution in [0.3, 0.4) is 0 Å². The van der Waals surface area contributed by atoms with E-state index in [-0.39, 0.29) is 63.3 Å². The monoisotopic (exact) mass is 224 g/mol. The molecule has 0 unspecified atom stereocenters. The number of hydrogen-bond donors (Lipinski definition) is 1. The Hall–Kier alpha value is 0.806. The van der Waals surface area contributed by atoms with E-state index in [4.69, 9.17) is 4.18 Å². The first-order valence-electron chi connectivity index (χ1n) is 3.72. The van der Waals surface area contributed by atoms with Gasteiger partial charge in [0.2, 0.25) is 0 Å². The molecule has 1 aromatic carbocycles. The zero-order valence-corrected chi connectivity index (χ0v) is 8.31. The molecule has 0 aliphatic heterocycles. The Balaban J connectivity index is 0.00000144. The second-order valence-corrected chi connectivity index (χ2v) is 3.23. The van der Waals surface area contributed by atoms with Crippen LogP contribution >= 0.6 is 0 Å². The normalized spacial score (nSPS) is 9.15. The first-order chi connectivity index (χ1) is 5.65. The molecule has 0 amide bonds. The van der Waals surface area contributed by atoms with Gasteiger partial charge in [-0.25, -0.2) is 4.21 Å². The number of rotatable bonds is 2. The molecule has 4 heteroatoms. The Bertz CT molecular complexity index is 289. The van der Waals surface area contributed by atoms with Gasteiger partial charge in [-0.3, -0.25) is 0 Å². The summed E-state index contributed by atoms with van der Waals surface area (Å²) in [6, 6.07) is 4.01. The molecule has 0 aliphatic carbocycles. The van der Waals surface area contributed by atoms with Gasteiger partial charge < -0.3 is 4.18 Å². The molecular formula is C9H13KO2S. The van der Waals surface area contributed by atoms with Gasteiger partial charge in [0.05, 0.1) is 0 Å². The Morgan fingerprint density at radius 1 is 1.15 bits per heavy atom. The summed E-state index contributed by atoms with van der Waals surface area (Å²) in [6.45, 7) is 5.92. The average molecular weight is 224 g/mol. The zero-order valence-electron chi connectivity index (χ0n) is 7.42. The van der Waals surface area contributed by atoms with Gasteiger partial charge >= 0.3 is 51.4 Å². The Morgan fingerprint density at radius 3 is 2.00 bits per heavy atom. The van der Waals surface area contributed by atoms with E-state index in [9.17, 15) is 4.21 Å². The Morgan fingerprint density at radius 2 is 1.62 bits per heavy atom. The molecular weight excluding hydrogens is 211 g/mol. The third kappa shape index (κ3) is 3.81. The maximum atomic E-state index is 10.2. The third-order valence-corrected chi connectivity index (χ3v) is 1.99. The van der Waals surface area contributed by atoms with Crippen LogP contribution in [-0.2, 0) is 11.9 Å². The van der Waals surface area contributed by atoms with Gasteiger partial charge in [0.25, 0.3) is 0 Å². The fraction of sp³-hybridized carbons (Fsp3) is 0.333. The number of hydrogen-bond acceptors (Lipinski definition) is 2. The average Bonchev–Trinajstić information content (AvgIpc) is 1.96. The quantitative estimate of drug-likeness (QED) is 0.603. The molecule has 0 aliphatic rings. The molecule has 0 bridgehead atoms. The number of benzene rings is 1. The van der Waals surface area contributed by atoms with Crippen molar-refractivity contribution in [3.63, 3.8) is 0 Å². The number of aryl methyl sites for hydroxylation is 3. The summed E-state index contributed by atoms with van der Waals surface area (Å²) < 4.78 is 15.2. The van der Waals surface area contributed by atoms with Crippen LogP contribution in [0, 0.1) is 20.8 Å². The Kier molecular flexibility index (Phi) is 6.71. The molecule has 0 N–H and O–H groups in total. The molecule has 0 heterocycles. The first kappa shape index (κ1) is 13.8. The van der Waals surface area contributed by atoms with E-state index in [1.807, 2.05) is 32.9 Å². The first-order valence-corrected chi connectivity index (χ1v) is 4.45. The third-order valence-electron chi connectivity index (χ3n) is 1.73. The molecule has 68 valence electrons. The summed E-state index contributed by atoms with van der Waals surface area (Å²) in [5, 5.41) is 0. The van der Waals surface area contributed by atoms with Crippen LogP contribution in [0.1, 0.15) is 16.7 Å². The van der Waals surface area contributed by atoms with E-state index < -0.39 is 0 Å². The zero-order chi connectivity index (χ0) is 9.14. The molecule has 0 atom stereocenters. The van der Waals surface area contributed by atoms with Crippen LogP contribution in [-0.4, -0.2) is 55.6 Å². The predicted molar refractivity (Wildman–Crippen MR) is 58.0 cm³/mol. The van der Waals surface area contributed by atoms with E-state index in [1.165, 1.54) is 5.56 Å². The van der Waals surface area contributed by atoms with Crippen molar-refractivity contribution in [3.8, 4) is 5.75 Å². The van der Waals surface area contributed by atoms with Gasteiger partial charge in [-0.15, -0.1) is 0 Å². The van der Waals surface area contributed by atoms with Crippen LogP contribution in [0.2, 0.25) is 0 Å². The van der Waals surface area contributed by atoms with Crippen LogP contribution in [0.25, 0.3) is 0 Å². The van der Waals surface area contributed by atoms with Crippen LogP contribution in [0.5, 0.6) is 5.75 Å². The van der Waals surface area contributed by atoms with Gasteiger partial charge in [-0.2, -0.15) is 0 Å². The van der Waals surface area contributed by atoms with Crippen molar-refractivity contribution in [3.05, 3.63) is 28.8 Å². The molecule has 0 spiro atoms. The molecule has 0 saturated carbocycles. The summed E-state index contributed by atoms with van der Waals surface area (Å²) in [5.74, 6) is 0.720. The summed E-state index contributed by atoms with van der Waals surface area (Å²) in [4.78, 5) is 0. The molecule has 0 saturated heterocycles. The second-order valence-electron chi connectivity index (χ2n) is 2.89. The van der Waals surface area contributed by atoms with Crippen molar-refractivity contribution >= 4 is 63.3 Å². The molecule has 0 aromatic heterocycles. The van der Waals surface area contributed by atoms with Gasteiger partial charge in [-0.05, 0) is 31.9 Å². The second kappa shape index (κ2) is 6.32. The van der Waals surface area contributed by atoms with Crippen LogP contribution in [0.15, 0.2) is 12.1 Å². The fourth-order valence-electron chi connectivity index (χ4n) is 1.35. The van der Waals surface area contributed by atoms with Crippen molar-refractivity contribution < 1.29 is 8.39 Å². The van der Waals surface area contributed by atoms with E-state index in [1.54, 1.807) is 0 Å². The molecule has 1 rings (SSSR count). The standard InChI is InChI=1S/C9H12O2S.K.H/c1-6-4-7(2)9(11-12-10)8(3)5-6;;/h4-5,12H,1-3H3;;. The van der Waals surface area contributed by atoms with Gasteiger partial charge in [-0.1, -0.05) is 17.7 Å². The predicted octanol–water partition coefficient (Wildman–Crippen LogP) is 1.20. The number of thiol groups is 1. The molecule has 2 nitrogen and oxygen atoms in total. The fourth-order valence-corrected chi connectivity index (χ4v) is 1.71. The van der Waals surface area contributed by atoms with Crippen molar-refractivity contribution in [2.45, 2.75) is 20.8 Å². The minimum atomic E-state index is -0.293. The molecule has 1 aromatic rings. The van der Waals surface area contributed by atoms with Gasteiger partial charge in [0.1, 0.15) is 5.75 Å². The van der Waals surface area contributed by atoms with E-state index in [0.717, 1.165) is 16.9 Å². The van der Waals surface area contributed by atoms with Gasteiger partial charge in [0, 0.05) is 0 Å². The van der Waals surface area contributed by atoms with Crippen molar-refractivity contribution in [2.75, 3.05) is 0 Å². The summed E-state index contributed by atoms with van der Waals surface area (Å²) >= 11 is -0.293. The molecule has 0 radical (unpaired) electrons. The van der Waals surface area contributed by atoms with Crippen LogP contribution < -0.4 is 4.18 Å². The van der Waals surface area contributed by atoms with Crippen molar-refractivity contribution in [1.82, 2.24) is 0 Å². The van der Waals surface area contributed by atoms with Crippen LogP contribution in [0.4, 0.5) is 0 Å². The van der Waals surface area contributed by atoms with E-state index in [0.29, 0.717) is 0 Å². The summed E-state index contributed by atoms with van der Waals surface area (Å²) in [5.41, 5.74) is 3.24. The summed E-state index contributed by atoms with van der Waals surface area (Å²) in [7, 11) is 0. The topological polar surface area (TPSA) is 26.3 Å². The SMILES string of the molecule is Cc1cc(C)c(O[SH]=O)c(C)c1.[KH]. The summed E-state index contributed by atoms with van der Waals surface area (Å²) in [6.07, 6.45) is 0. The van der Waals surface area contributed by atoms with Crippen molar-refractivity contribution in [2.24, 2.45) is 0 Å². The van der Waals surface area contributed by atoms with E-state index >= 15 is 0 Å². The molecule has 13 heavy (non-hydrogen) atoms. The van der Waals surface area contributed by atoms with Gasteiger partial charge in [0.15, 0.2) is 11.9 Å². The Labute approximate surface area is 125 Å². The minimum absolute atomic E-state index is 0. The maximum absolute atomic E-state index is 10.2. The van der Waals surface area contributed by atoms with E-state index in [2.05, 4.69) is 0 Å². The van der Waals surface area contributed by atoms with Crippen molar-refractivity contribution in [1.29, 1.82) is 0 Å².